The van der Waals surface area contributed by atoms with Gasteiger partial charge in [0.25, 0.3) is 5.91 Å². The topological polar surface area (TPSA) is 124 Å². The first-order chi connectivity index (χ1) is 17.6. The standard InChI is InChI=1S/C27H29N7O2/c28-12-8-18-4-6-19(7-5-18)34-23-20-9-14-30-24(20)31-17-21(23)32-25(34)26(35)33-15-10-27(36,11-16-33)22-3-1-2-13-29-22/h1-3,9,13-14,17-19,36H,4-8,10-11,15-16H2,(H,30,31). The number of piperidine rings is 1. The lowest BCUT2D eigenvalue weighted by atomic mass is 9.84. The van der Waals surface area contributed by atoms with E-state index in [0.717, 1.165) is 42.2 Å². The maximum Gasteiger partial charge on any atom is 0.289 e. The molecule has 1 saturated carbocycles. The van der Waals surface area contributed by atoms with Gasteiger partial charge in [0.05, 0.1) is 23.5 Å². The summed E-state index contributed by atoms with van der Waals surface area (Å²) in [5, 5.41) is 21.3. The highest BCUT2D eigenvalue weighted by Crippen LogP contribution is 2.39. The van der Waals surface area contributed by atoms with Gasteiger partial charge in [0.1, 0.15) is 16.8 Å². The predicted molar refractivity (Wildman–Crippen MR) is 134 cm³/mol. The van der Waals surface area contributed by atoms with Crippen molar-refractivity contribution in [3.8, 4) is 6.07 Å². The Morgan fingerprint density at radius 3 is 2.69 bits per heavy atom. The zero-order valence-corrected chi connectivity index (χ0v) is 20.1. The summed E-state index contributed by atoms with van der Waals surface area (Å²) in [4.78, 5) is 32.5. The second-order valence-electron chi connectivity index (χ2n) is 10.1. The summed E-state index contributed by atoms with van der Waals surface area (Å²) in [5.74, 6) is 0.741. The Bertz CT molecular complexity index is 1440. The molecule has 1 aliphatic carbocycles. The number of carbonyl (C=O) groups is 1. The van der Waals surface area contributed by atoms with Crippen LogP contribution in [0.2, 0.25) is 0 Å². The van der Waals surface area contributed by atoms with Crippen LogP contribution < -0.4 is 0 Å². The fourth-order valence-corrected chi connectivity index (χ4v) is 5.95. The number of H-pyrrole nitrogens is 1. The fourth-order valence-electron chi connectivity index (χ4n) is 5.95. The molecule has 0 radical (unpaired) electrons. The number of nitrogens with one attached hydrogen (secondary N) is 1. The number of imidazole rings is 1. The van der Waals surface area contributed by atoms with E-state index >= 15 is 0 Å². The highest BCUT2D eigenvalue weighted by atomic mass is 16.3. The molecular formula is C27H29N7O2. The lowest BCUT2D eigenvalue weighted by Crippen LogP contribution is -2.46. The third kappa shape index (κ3) is 3.82. The van der Waals surface area contributed by atoms with Crippen molar-refractivity contribution in [3.63, 3.8) is 0 Å². The van der Waals surface area contributed by atoms with Gasteiger partial charge in [-0.3, -0.25) is 9.78 Å². The van der Waals surface area contributed by atoms with E-state index in [2.05, 4.69) is 25.6 Å². The zero-order chi connectivity index (χ0) is 24.7. The van der Waals surface area contributed by atoms with Gasteiger partial charge in [0.2, 0.25) is 5.82 Å². The average Bonchev–Trinajstić information content (AvgIpc) is 3.55. The highest BCUT2D eigenvalue weighted by Gasteiger charge is 2.38. The third-order valence-corrected chi connectivity index (χ3v) is 8.01. The van der Waals surface area contributed by atoms with Crippen LogP contribution in [0.4, 0.5) is 0 Å². The highest BCUT2D eigenvalue weighted by molar-refractivity contribution is 6.04. The molecule has 184 valence electrons. The first-order valence-electron chi connectivity index (χ1n) is 12.7. The minimum absolute atomic E-state index is 0.114. The number of hydrogen-bond donors (Lipinski definition) is 2. The van der Waals surface area contributed by atoms with Gasteiger partial charge in [-0.1, -0.05) is 6.07 Å². The van der Waals surface area contributed by atoms with Crippen molar-refractivity contribution >= 4 is 28.0 Å². The number of likely N-dealkylation sites (tertiary alicyclic amines) is 1. The Morgan fingerprint density at radius 1 is 1.17 bits per heavy atom. The predicted octanol–water partition coefficient (Wildman–Crippen LogP) is 4.08. The number of fused-ring (bicyclic) bond motifs is 3. The van der Waals surface area contributed by atoms with Crippen LogP contribution in [0, 0.1) is 17.2 Å². The van der Waals surface area contributed by atoms with Gasteiger partial charge in [0.15, 0.2) is 0 Å². The van der Waals surface area contributed by atoms with Crippen molar-refractivity contribution in [2.24, 2.45) is 5.92 Å². The summed E-state index contributed by atoms with van der Waals surface area (Å²) < 4.78 is 2.14. The smallest absolute Gasteiger partial charge is 0.289 e. The SMILES string of the molecule is N#CCC1CCC(n2c(C(=O)N3CCC(O)(c4ccccn4)CC3)nc3cnc4[nH]ccc4c32)CC1. The van der Waals surface area contributed by atoms with E-state index in [9.17, 15) is 9.90 Å². The van der Waals surface area contributed by atoms with Gasteiger partial charge in [-0.15, -0.1) is 0 Å². The molecule has 9 nitrogen and oxygen atoms in total. The molecule has 0 spiro atoms. The second-order valence-corrected chi connectivity index (χ2v) is 10.1. The number of nitrogens with zero attached hydrogens (tertiary/aromatic N) is 6. The molecule has 0 bridgehead atoms. The molecule has 4 aromatic rings. The summed E-state index contributed by atoms with van der Waals surface area (Å²) >= 11 is 0. The molecule has 36 heavy (non-hydrogen) atoms. The monoisotopic (exact) mass is 483 g/mol. The Kier molecular flexibility index (Phi) is 5.69. The summed E-state index contributed by atoms with van der Waals surface area (Å²) in [6.45, 7) is 0.865. The van der Waals surface area contributed by atoms with E-state index in [-0.39, 0.29) is 11.9 Å². The Hall–Kier alpha value is -3.77. The molecule has 1 saturated heterocycles. The summed E-state index contributed by atoms with van der Waals surface area (Å²) in [6.07, 6.45) is 10.5. The fraction of sp³-hybridized carbons (Fsp3) is 0.444. The van der Waals surface area contributed by atoms with E-state index in [1.807, 2.05) is 30.5 Å². The van der Waals surface area contributed by atoms with Gasteiger partial charge < -0.3 is 19.6 Å². The lowest BCUT2D eigenvalue weighted by molar-refractivity contribution is -0.0248. The van der Waals surface area contributed by atoms with E-state index in [1.54, 1.807) is 17.3 Å². The molecule has 6 rings (SSSR count). The number of rotatable bonds is 4. The number of pyridine rings is 2. The first-order valence-corrected chi connectivity index (χ1v) is 12.7. The number of aromatic amines is 1. The van der Waals surface area contributed by atoms with Crippen LogP contribution in [0.25, 0.3) is 22.1 Å². The van der Waals surface area contributed by atoms with E-state index in [1.165, 1.54) is 0 Å². The Morgan fingerprint density at radius 2 is 1.97 bits per heavy atom. The van der Waals surface area contributed by atoms with Crippen LogP contribution in [0.1, 0.15) is 67.3 Å². The molecule has 0 atom stereocenters. The Labute approximate surface area is 208 Å². The first kappa shape index (κ1) is 22.7. The van der Waals surface area contributed by atoms with E-state index < -0.39 is 5.60 Å². The average molecular weight is 484 g/mol. The maximum absolute atomic E-state index is 13.9. The number of hydrogen-bond acceptors (Lipinski definition) is 6. The normalized spacial score (nSPS) is 22.1. The van der Waals surface area contributed by atoms with Crippen molar-refractivity contribution in [1.29, 1.82) is 5.26 Å². The largest absolute Gasteiger partial charge is 0.383 e. The quantitative estimate of drug-likeness (QED) is 0.451. The van der Waals surface area contributed by atoms with E-state index in [0.29, 0.717) is 55.3 Å². The number of carbonyl (C=O) groups excluding carboxylic acids is 1. The second kappa shape index (κ2) is 9.03. The number of aliphatic hydroxyl groups is 1. The summed E-state index contributed by atoms with van der Waals surface area (Å²) in [7, 11) is 0. The molecule has 5 heterocycles. The van der Waals surface area contributed by atoms with Crippen LogP contribution in [-0.2, 0) is 5.60 Å². The van der Waals surface area contributed by atoms with Crippen molar-refractivity contribution in [2.75, 3.05) is 13.1 Å². The maximum atomic E-state index is 13.9. The van der Waals surface area contributed by atoms with Crippen molar-refractivity contribution in [2.45, 2.75) is 56.6 Å². The van der Waals surface area contributed by atoms with Gasteiger partial charge >= 0.3 is 0 Å². The van der Waals surface area contributed by atoms with Crippen LogP contribution in [0.3, 0.4) is 0 Å². The van der Waals surface area contributed by atoms with Gasteiger partial charge in [-0.25, -0.2) is 9.97 Å². The Balaban J connectivity index is 1.33. The van der Waals surface area contributed by atoms with Crippen LogP contribution >= 0.6 is 0 Å². The van der Waals surface area contributed by atoms with Crippen molar-refractivity contribution in [3.05, 3.63) is 54.4 Å². The van der Waals surface area contributed by atoms with E-state index in [4.69, 9.17) is 10.2 Å². The number of amides is 1. The van der Waals surface area contributed by atoms with Crippen molar-refractivity contribution in [1.82, 2.24) is 29.4 Å². The lowest BCUT2D eigenvalue weighted by Gasteiger charge is -2.38. The molecule has 1 aliphatic heterocycles. The minimum Gasteiger partial charge on any atom is -0.383 e. The molecule has 9 heteroatoms. The molecule has 0 unspecified atom stereocenters. The van der Waals surface area contributed by atoms with Gasteiger partial charge in [-0.05, 0) is 62.6 Å². The number of aromatic nitrogens is 5. The van der Waals surface area contributed by atoms with Crippen molar-refractivity contribution < 1.29 is 9.90 Å². The molecule has 1 amide bonds. The minimum atomic E-state index is -1.03. The third-order valence-electron chi connectivity index (χ3n) is 8.01. The van der Waals surface area contributed by atoms with Gasteiger partial charge in [0, 0.05) is 43.3 Å². The molecule has 2 aliphatic rings. The van der Waals surface area contributed by atoms with Gasteiger partial charge in [-0.2, -0.15) is 5.26 Å². The van der Waals surface area contributed by atoms with Crippen LogP contribution in [-0.4, -0.2) is 53.5 Å². The number of nitriles is 1. The molecule has 2 N–H and O–H groups in total. The summed E-state index contributed by atoms with van der Waals surface area (Å²) in [6, 6.07) is 9.99. The summed E-state index contributed by atoms with van der Waals surface area (Å²) in [5.41, 5.74) is 2.05. The van der Waals surface area contributed by atoms with Crippen LogP contribution in [0.5, 0.6) is 0 Å². The molecular weight excluding hydrogens is 454 g/mol. The molecule has 2 fully saturated rings. The van der Waals surface area contributed by atoms with Crippen LogP contribution in [0.15, 0.2) is 42.9 Å². The zero-order valence-electron chi connectivity index (χ0n) is 20.1. The molecule has 0 aromatic carbocycles. The molecule has 4 aromatic heterocycles.